The molecular weight excluding hydrogens is 348 g/mol. The smallest absolute Gasteiger partial charge is 0.165 e. The molecule has 0 aliphatic carbocycles. The topological polar surface area (TPSA) is 43.0 Å². The van der Waals surface area contributed by atoms with Crippen LogP contribution in [0.4, 0.5) is 0 Å². The summed E-state index contributed by atoms with van der Waals surface area (Å²) in [6.07, 6.45) is 1.13. The lowest BCUT2D eigenvalue weighted by Gasteiger charge is -2.26. The molecule has 1 saturated heterocycles. The number of morpholine rings is 1. The fourth-order valence-electron chi connectivity index (χ4n) is 2.61. The number of hydrogen-bond acceptors (Lipinski definition) is 5. The van der Waals surface area contributed by atoms with E-state index >= 15 is 0 Å². The minimum absolute atomic E-state index is 0.752. The highest BCUT2D eigenvalue weighted by Crippen LogP contribution is 2.34. The number of nitrogens with one attached hydrogen (secondary N) is 1. The van der Waals surface area contributed by atoms with E-state index in [1.165, 1.54) is 0 Å². The average molecular weight is 373 g/mol. The van der Waals surface area contributed by atoms with Crippen molar-refractivity contribution in [2.75, 3.05) is 53.6 Å². The quantitative estimate of drug-likeness (QED) is 0.709. The summed E-state index contributed by atoms with van der Waals surface area (Å²) in [5.41, 5.74) is 1.10. The second-order valence-corrected chi connectivity index (χ2v) is 6.20. The number of rotatable bonds is 8. The third-order valence-electron chi connectivity index (χ3n) is 3.77. The Balaban J connectivity index is 1.77. The van der Waals surface area contributed by atoms with Crippen molar-refractivity contribution < 1.29 is 14.2 Å². The fraction of sp³-hybridized carbons (Fsp3) is 0.625. The summed E-state index contributed by atoms with van der Waals surface area (Å²) in [4.78, 5) is 2.45. The van der Waals surface area contributed by atoms with Gasteiger partial charge in [-0.25, -0.2) is 0 Å². The number of ether oxygens (including phenoxy) is 3. The van der Waals surface area contributed by atoms with Crippen molar-refractivity contribution in [2.45, 2.75) is 13.0 Å². The van der Waals surface area contributed by atoms with Gasteiger partial charge in [-0.05, 0) is 31.6 Å². The molecule has 1 heterocycles. The summed E-state index contributed by atoms with van der Waals surface area (Å²) < 4.78 is 17.2. The lowest BCUT2D eigenvalue weighted by Crippen LogP contribution is -2.37. The third kappa shape index (κ3) is 5.12. The lowest BCUT2D eigenvalue weighted by atomic mass is 10.2. The lowest BCUT2D eigenvalue weighted by molar-refractivity contribution is 0.0374. The van der Waals surface area contributed by atoms with Crippen molar-refractivity contribution in [2.24, 2.45) is 0 Å². The number of hydrogen-bond donors (Lipinski definition) is 1. The summed E-state index contributed by atoms with van der Waals surface area (Å²) in [5.74, 6) is 1.55. The normalized spacial score (nSPS) is 15.8. The van der Waals surface area contributed by atoms with Gasteiger partial charge in [-0.2, -0.15) is 0 Å². The van der Waals surface area contributed by atoms with Gasteiger partial charge in [0.05, 0.1) is 27.4 Å². The maximum atomic E-state index is 5.47. The Morgan fingerprint density at radius 3 is 2.68 bits per heavy atom. The number of nitrogens with zero attached hydrogens (tertiary/aromatic N) is 1. The first kappa shape index (κ1) is 17.5. The molecular formula is C16H25BrN2O3. The van der Waals surface area contributed by atoms with Crippen molar-refractivity contribution in [3.05, 3.63) is 22.2 Å². The molecule has 0 aromatic heterocycles. The maximum Gasteiger partial charge on any atom is 0.165 e. The molecule has 22 heavy (non-hydrogen) atoms. The van der Waals surface area contributed by atoms with Crippen LogP contribution in [0.3, 0.4) is 0 Å². The van der Waals surface area contributed by atoms with Crippen molar-refractivity contribution in [3.8, 4) is 11.5 Å². The van der Waals surface area contributed by atoms with Crippen molar-refractivity contribution >= 4 is 15.9 Å². The monoisotopic (exact) mass is 372 g/mol. The Morgan fingerprint density at radius 2 is 2.00 bits per heavy atom. The number of benzene rings is 1. The van der Waals surface area contributed by atoms with E-state index in [1.807, 2.05) is 6.07 Å². The zero-order chi connectivity index (χ0) is 15.8. The van der Waals surface area contributed by atoms with Crippen LogP contribution < -0.4 is 14.8 Å². The maximum absolute atomic E-state index is 5.47. The molecule has 1 aliphatic rings. The highest BCUT2D eigenvalue weighted by atomic mass is 79.9. The molecule has 2 rings (SSSR count). The minimum Gasteiger partial charge on any atom is -0.493 e. The summed E-state index contributed by atoms with van der Waals surface area (Å²) in [6.45, 7) is 6.70. The van der Waals surface area contributed by atoms with E-state index in [4.69, 9.17) is 14.2 Å². The molecule has 1 aromatic carbocycles. The summed E-state index contributed by atoms with van der Waals surface area (Å²) in [7, 11) is 3.33. The van der Waals surface area contributed by atoms with Gasteiger partial charge in [0.1, 0.15) is 0 Å². The van der Waals surface area contributed by atoms with Gasteiger partial charge in [-0.15, -0.1) is 0 Å². The molecule has 0 spiro atoms. The molecule has 6 heteroatoms. The van der Waals surface area contributed by atoms with E-state index in [9.17, 15) is 0 Å². The van der Waals surface area contributed by atoms with Gasteiger partial charge in [0.15, 0.2) is 11.5 Å². The van der Waals surface area contributed by atoms with Crippen molar-refractivity contribution in [1.29, 1.82) is 0 Å². The van der Waals surface area contributed by atoms with Gasteiger partial charge in [-0.1, -0.05) is 15.9 Å². The molecule has 1 fully saturated rings. The zero-order valence-electron chi connectivity index (χ0n) is 13.4. The van der Waals surface area contributed by atoms with E-state index < -0.39 is 0 Å². The van der Waals surface area contributed by atoms with Crippen LogP contribution >= 0.6 is 15.9 Å². The summed E-state index contributed by atoms with van der Waals surface area (Å²) in [6, 6.07) is 3.98. The highest BCUT2D eigenvalue weighted by molar-refractivity contribution is 9.10. The van der Waals surface area contributed by atoms with E-state index in [1.54, 1.807) is 14.2 Å². The second kappa shape index (κ2) is 9.35. The molecule has 0 bridgehead atoms. The molecule has 124 valence electrons. The molecule has 0 atom stereocenters. The molecule has 0 radical (unpaired) electrons. The van der Waals surface area contributed by atoms with Gasteiger partial charge >= 0.3 is 0 Å². The van der Waals surface area contributed by atoms with E-state index in [0.29, 0.717) is 0 Å². The predicted molar refractivity (Wildman–Crippen MR) is 90.8 cm³/mol. The second-order valence-electron chi connectivity index (χ2n) is 5.28. The van der Waals surface area contributed by atoms with Crippen LogP contribution in [0.25, 0.3) is 0 Å². The van der Waals surface area contributed by atoms with Crippen LogP contribution in [0.5, 0.6) is 11.5 Å². The number of methoxy groups -OCH3 is 2. The largest absolute Gasteiger partial charge is 0.493 e. The third-order valence-corrected chi connectivity index (χ3v) is 4.23. The first-order chi connectivity index (χ1) is 10.7. The van der Waals surface area contributed by atoms with E-state index in [-0.39, 0.29) is 0 Å². The Kier molecular flexibility index (Phi) is 7.45. The molecule has 0 amide bonds. The van der Waals surface area contributed by atoms with Crippen LogP contribution in [-0.2, 0) is 11.3 Å². The van der Waals surface area contributed by atoms with Crippen LogP contribution in [0.1, 0.15) is 12.0 Å². The molecule has 0 saturated carbocycles. The van der Waals surface area contributed by atoms with Crippen molar-refractivity contribution in [1.82, 2.24) is 10.2 Å². The van der Waals surface area contributed by atoms with Gasteiger partial charge in [0.2, 0.25) is 0 Å². The molecule has 5 nitrogen and oxygen atoms in total. The fourth-order valence-corrected chi connectivity index (χ4v) is 3.10. The highest BCUT2D eigenvalue weighted by Gasteiger charge is 2.12. The predicted octanol–water partition coefficient (Wildman–Crippen LogP) is 2.28. The van der Waals surface area contributed by atoms with E-state index in [2.05, 4.69) is 32.2 Å². The standard InChI is InChI=1S/C16H25BrN2O3/c1-20-15-11-14(17)10-13(16(15)21-2)12-18-4-3-5-19-6-8-22-9-7-19/h10-11,18H,3-9,12H2,1-2H3. The molecule has 1 aromatic rings. The first-order valence-corrected chi connectivity index (χ1v) is 8.45. The Hall–Kier alpha value is -0.820. The number of halogens is 1. The summed E-state index contributed by atoms with van der Waals surface area (Å²) in [5, 5.41) is 3.48. The van der Waals surface area contributed by atoms with Crippen LogP contribution in [0.2, 0.25) is 0 Å². The van der Waals surface area contributed by atoms with Gasteiger partial charge < -0.3 is 19.5 Å². The Bertz CT molecular complexity index is 465. The molecule has 0 unspecified atom stereocenters. The Morgan fingerprint density at radius 1 is 1.23 bits per heavy atom. The SMILES string of the molecule is COc1cc(Br)cc(CNCCCN2CCOCC2)c1OC. The first-order valence-electron chi connectivity index (χ1n) is 7.66. The Labute approximate surface area is 141 Å². The van der Waals surface area contributed by atoms with Gasteiger partial charge in [0, 0.05) is 29.7 Å². The van der Waals surface area contributed by atoms with Gasteiger partial charge in [0.25, 0.3) is 0 Å². The minimum atomic E-state index is 0.752. The molecule has 1 N–H and O–H groups in total. The van der Waals surface area contributed by atoms with Crippen LogP contribution in [0.15, 0.2) is 16.6 Å². The summed E-state index contributed by atoms with van der Waals surface area (Å²) >= 11 is 3.51. The van der Waals surface area contributed by atoms with Crippen LogP contribution in [0, 0.1) is 0 Å². The van der Waals surface area contributed by atoms with Gasteiger partial charge in [-0.3, -0.25) is 4.90 Å². The van der Waals surface area contributed by atoms with Crippen molar-refractivity contribution in [3.63, 3.8) is 0 Å². The van der Waals surface area contributed by atoms with Crippen LogP contribution in [-0.4, -0.2) is 58.5 Å². The molecule has 1 aliphatic heterocycles. The zero-order valence-corrected chi connectivity index (χ0v) is 14.9. The average Bonchev–Trinajstić information content (AvgIpc) is 2.55. The van der Waals surface area contributed by atoms with E-state index in [0.717, 1.165) is 73.9 Å².